The minimum absolute atomic E-state index is 0.0213. The van der Waals surface area contributed by atoms with Crippen LogP contribution >= 0.6 is 11.8 Å². The molecule has 2 aromatic heterocycles. The highest BCUT2D eigenvalue weighted by molar-refractivity contribution is 7.99. The van der Waals surface area contributed by atoms with E-state index in [2.05, 4.69) is 20.6 Å². The van der Waals surface area contributed by atoms with Gasteiger partial charge in [0.2, 0.25) is 11.1 Å². The van der Waals surface area contributed by atoms with Crippen LogP contribution in [0.15, 0.2) is 65.8 Å². The van der Waals surface area contributed by atoms with Crippen molar-refractivity contribution in [2.45, 2.75) is 5.16 Å². The van der Waals surface area contributed by atoms with Crippen molar-refractivity contribution in [3.05, 3.63) is 70.8 Å². The third kappa shape index (κ3) is 4.61. The number of rotatable bonds is 7. The second-order valence-corrected chi connectivity index (χ2v) is 7.29. The molecule has 0 aliphatic heterocycles. The molecular weight excluding hydrogens is 420 g/mol. The summed E-state index contributed by atoms with van der Waals surface area (Å²) in [6, 6.07) is 16.7. The van der Waals surface area contributed by atoms with Gasteiger partial charge in [0, 0.05) is 29.4 Å². The highest BCUT2D eigenvalue weighted by Crippen LogP contribution is 2.24. The van der Waals surface area contributed by atoms with E-state index in [0.29, 0.717) is 33.5 Å². The maximum atomic E-state index is 12.3. The number of carbonyl (C=O) groups excluding carboxylic acids is 1. The van der Waals surface area contributed by atoms with E-state index in [1.165, 1.54) is 28.4 Å². The summed E-state index contributed by atoms with van der Waals surface area (Å²) in [6.07, 6.45) is 0. The van der Waals surface area contributed by atoms with E-state index >= 15 is 0 Å². The lowest BCUT2D eigenvalue weighted by Crippen LogP contribution is -2.14. The van der Waals surface area contributed by atoms with Crippen LogP contribution in [0.25, 0.3) is 16.9 Å². The lowest BCUT2D eigenvalue weighted by molar-refractivity contribution is -0.384. The van der Waals surface area contributed by atoms with Crippen molar-refractivity contribution in [1.29, 1.82) is 0 Å². The van der Waals surface area contributed by atoms with Crippen LogP contribution in [0.5, 0.6) is 5.75 Å². The fourth-order valence-corrected chi connectivity index (χ4v) is 3.51. The Morgan fingerprint density at radius 1 is 1.16 bits per heavy atom. The van der Waals surface area contributed by atoms with Gasteiger partial charge < -0.3 is 10.1 Å². The summed E-state index contributed by atoms with van der Waals surface area (Å²) in [5, 5.41) is 26.9. The Labute approximate surface area is 180 Å². The lowest BCUT2D eigenvalue weighted by atomic mass is 10.1. The molecule has 1 N–H and O–H groups in total. The molecule has 0 radical (unpaired) electrons. The number of aromatic nitrogens is 4. The molecule has 2 heterocycles. The number of anilines is 1. The molecule has 0 bridgehead atoms. The fourth-order valence-electron chi connectivity index (χ4n) is 2.82. The van der Waals surface area contributed by atoms with Crippen LogP contribution in [0.1, 0.15) is 0 Å². The third-order valence-electron chi connectivity index (χ3n) is 4.27. The Hall–Kier alpha value is -3.99. The van der Waals surface area contributed by atoms with Gasteiger partial charge in [-0.15, -0.1) is 10.2 Å². The molecule has 10 nitrogen and oxygen atoms in total. The molecule has 0 unspecified atom stereocenters. The maximum absolute atomic E-state index is 12.3. The Kier molecular flexibility index (Phi) is 5.76. The molecule has 0 aliphatic rings. The van der Waals surface area contributed by atoms with Gasteiger partial charge in [-0.3, -0.25) is 14.9 Å². The number of nitro groups is 1. The summed E-state index contributed by atoms with van der Waals surface area (Å²) in [5.41, 5.74) is 2.23. The van der Waals surface area contributed by atoms with Crippen molar-refractivity contribution >= 4 is 34.7 Å². The van der Waals surface area contributed by atoms with Gasteiger partial charge in [-0.05, 0) is 24.3 Å². The van der Waals surface area contributed by atoms with Crippen LogP contribution in [-0.2, 0) is 4.79 Å². The fraction of sp³-hybridized carbons (Fsp3) is 0.100. The second kappa shape index (κ2) is 8.79. The SMILES string of the molecule is COc1cccc(NC(=O)CSc2nnc3ccc(-c4cccc([N+](=O)[O-])c4)nn23)c1. The number of nitrogens with one attached hydrogen (secondary N) is 1. The van der Waals surface area contributed by atoms with Crippen molar-refractivity contribution in [2.75, 3.05) is 18.2 Å². The monoisotopic (exact) mass is 436 g/mol. The first kappa shape index (κ1) is 20.3. The molecule has 0 spiro atoms. The number of non-ortho nitro benzene ring substituents is 1. The van der Waals surface area contributed by atoms with Crippen molar-refractivity contribution in [3.8, 4) is 17.0 Å². The predicted octanol–water partition coefficient (Wildman–Crippen LogP) is 3.44. The zero-order valence-corrected chi connectivity index (χ0v) is 17.1. The lowest BCUT2D eigenvalue weighted by Gasteiger charge is -2.06. The number of hydrogen-bond donors (Lipinski definition) is 1. The number of thioether (sulfide) groups is 1. The van der Waals surface area contributed by atoms with Crippen molar-refractivity contribution < 1.29 is 14.5 Å². The van der Waals surface area contributed by atoms with Gasteiger partial charge in [0.1, 0.15) is 5.75 Å². The Morgan fingerprint density at radius 2 is 2.00 bits per heavy atom. The molecule has 0 atom stereocenters. The number of carbonyl (C=O) groups is 1. The summed E-state index contributed by atoms with van der Waals surface area (Å²) in [5.74, 6) is 0.525. The molecule has 31 heavy (non-hydrogen) atoms. The molecular formula is C20H16N6O4S. The van der Waals surface area contributed by atoms with E-state index in [-0.39, 0.29) is 17.3 Å². The van der Waals surface area contributed by atoms with E-state index < -0.39 is 4.92 Å². The number of nitro benzene ring substituents is 1. The topological polar surface area (TPSA) is 125 Å². The summed E-state index contributed by atoms with van der Waals surface area (Å²) < 4.78 is 6.66. The number of fused-ring (bicyclic) bond motifs is 1. The van der Waals surface area contributed by atoms with Gasteiger partial charge in [-0.1, -0.05) is 30.0 Å². The Morgan fingerprint density at radius 3 is 2.81 bits per heavy atom. The molecule has 4 rings (SSSR count). The number of amides is 1. The minimum Gasteiger partial charge on any atom is -0.497 e. The van der Waals surface area contributed by atoms with Gasteiger partial charge in [-0.25, -0.2) is 0 Å². The zero-order chi connectivity index (χ0) is 21.8. The third-order valence-corrected chi connectivity index (χ3v) is 5.19. The van der Waals surface area contributed by atoms with Crippen LogP contribution in [0, 0.1) is 10.1 Å². The largest absolute Gasteiger partial charge is 0.497 e. The van der Waals surface area contributed by atoms with E-state index in [1.54, 1.807) is 55.6 Å². The number of benzene rings is 2. The zero-order valence-electron chi connectivity index (χ0n) is 16.3. The Balaban J connectivity index is 1.50. The highest BCUT2D eigenvalue weighted by atomic mass is 32.2. The van der Waals surface area contributed by atoms with Crippen LogP contribution < -0.4 is 10.1 Å². The second-order valence-electron chi connectivity index (χ2n) is 6.35. The maximum Gasteiger partial charge on any atom is 0.270 e. The van der Waals surface area contributed by atoms with E-state index in [9.17, 15) is 14.9 Å². The predicted molar refractivity (Wildman–Crippen MR) is 115 cm³/mol. The quantitative estimate of drug-likeness (QED) is 0.265. The van der Waals surface area contributed by atoms with Crippen molar-refractivity contribution in [3.63, 3.8) is 0 Å². The average Bonchev–Trinajstić information content (AvgIpc) is 3.20. The molecule has 1 amide bonds. The van der Waals surface area contributed by atoms with E-state index in [0.717, 1.165) is 0 Å². The van der Waals surface area contributed by atoms with Gasteiger partial charge in [0.15, 0.2) is 5.65 Å². The average molecular weight is 436 g/mol. The summed E-state index contributed by atoms with van der Waals surface area (Å²) in [7, 11) is 1.56. The first-order chi connectivity index (χ1) is 15.0. The molecule has 0 saturated heterocycles. The van der Waals surface area contributed by atoms with Crippen LogP contribution in [0.4, 0.5) is 11.4 Å². The number of nitrogens with zero attached hydrogens (tertiary/aromatic N) is 5. The Bertz CT molecular complexity index is 1280. The van der Waals surface area contributed by atoms with Crippen LogP contribution in [0.2, 0.25) is 0 Å². The van der Waals surface area contributed by atoms with Gasteiger partial charge >= 0.3 is 0 Å². The van der Waals surface area contributed by atoms with E-state index in [1.807, 2.05) is 0 Å². The van der Waals surface area contributed by atoms with Gasteiger partial charge in [0.05, 0.1) is 23.5 Å². The normalized spacial score (nSPS) is 10.7. The number of hydrogen-bond acceptors (Lipinski definition) is 8. The standard InChI is InChI=1S/C20H16N6O4S/c1-30-16-7-3-5-14(11-16)21-19(27)12-31-20-23-22-18-9-8-17(24-25(18)20)13-4-2-6-15(10-13)26(28)29/h2-11H,12H2,1H3,(H,21,27). The smallest absolute Gasteiger partial charge is 0.270 e. The summed E-state index contributed by atoms with van der Waals surface area (Å²) >= 11 is 1.18. The summed E-state index contributed by atoms with van der Waals surface area (Å²) in [4.78, 5) is 22.9. The first-order valence-corrected chi connectivity index (χ1v) is 10.1. The summed E-state index contributed by atoms with van der Waals surface area (Å²) in [6.45, 7) is 0. The van der Waals surface area contributed by atoms with Crippen molar-refractivity contribution in [2.24, 2.45) is 0 Å². The molecule has 0 saturated carbocycles. The molecule has 4 aromatic rings. The van der Waals surface area contributed by atoms with Gasteiger partial charge in [0.25, 0.3) is 5.69 Å². The highest BCUT2D eigenvalue weighted by Gasteiger charge is 2.13. The first-order valence-electron chi connectivity index (χ1n) is 9.07. The van der Waals surface area contributed by atoms with Gasteiger partial charge in [-0.2, -0.15) is 9.61 Å². The van der Waals surface area contributed by atoms with Crippen LogP contribution in [0.3, 0.4) is 0 Å². The molecule has 156 valence electrons. The molecule has 2 aromatic carbocycles. The van der Waals surface area contributed by atoms with E-state index in [4.69, 9.17) is 4.74 Å². The van der Waals surface area contributed by atoms with Crippen molar-refractivity contribution in [1.82, 2.24) is 19.8 Å². The minimum atomic E-state index is -0.455. The molecule has 0 aliphatic carbocycles. The molecule has 0 fully saturated rings. The molecule has 11 heteroatoms. The van der Waals surface area contributed by atoms with Crippen LogP contribution in [-0.4, -0.2) is 43.5 Å². The number of ether oxygens (including phenoxy) is 1. The number of methoxy groups -OCH3 is 1.